The summed E-state index contributed by atoms with van der Waals surface area (Å²) in [4.78, 5) is 0. The first-order valence-electron chi connectivity index (χ1n) is 5.97. The molecular weight excluding hydrogens is 224 g/mol. The monoisotopic (exact) mass is 242 g/mol. The fraction of sp³-hybridized carbons (Fsp3) is 0.375. The number of fused-ring (bicyclic) bond motifs is 1. The van der Waals surface area contributed by atoms with E-state index in [2.05, 4.69) is 5.92 Å². The summed E-state index contributed by atoms with van der Waals surface area (Å²) in [7, 11) is 1.69. The quantitative estimate of drug-likeness (QED) is 0.702. The van der Waals surface area contributed by atoms with Crippen molar-refractivity contribution in [3.63, 3.8) is 0 Å². The standard InChI is InChI=1S/C16H18O2/c1-7-16(5)9-8-13-12(4)14(17-6)10(2)11(3)15(13)18-16/h1,8-9H,2-6H3. The molecule has 18 heavy (non-hydrogen) atoms. The second-order valence-electron chi connectivity index (χ2n) is 4.84. The highest BCUT2D eigenvalue weighted by molar-refractivity contribution is 5.72. The van der Waals surface area contributed by atoms with Crippen LogP contribution in [0, 0.1) is 33.1 Å². The lowest BCUT2D eigenvalue weighted by Crippen LogP contribution is -2.30. The predicted octanol–water partition coefficient (Wildman–Crippen LogP) is 3.42. The molecule has 0 bridgehead atoms. The van der Waals surface area contributed by atoms with Crippen molar-refractivity contribution in [1.29, 1.82) is 0 Å². The Labute approximate surface area is 109 Å². The molecule has 0 N–H and O–H groups in total. The van der Waals surface area contributed by atoms with Gasteiger partial charge in [0.1, 0.15) is 11.5 Å². The molecule has 0 radical (unpaired) electrons. The van der Waals surface area contributed by atoms with Crippen molar-refractivity contribution < 1.29 is 9.47 Å². The number of methoxy groups -OCH3 is 1. The minimum atomic E-state index is -0.661. The molecule has 1 unspecified atom stereocenters. The first-order chi connectivity index (χ1) is 8.43. The predicted molar refractivity (Wildman–Crippen MR) is 74.1 cm³/mol. The van der Waals surface area contributed by atoms with Gasteiger partial charge in [-0.3, -0.25) is 0 Å². The number of hydrogen-bond donors (Lipinski definition) is 0. The topological polar surface area (TPSA) is 18.5 Å². The summed E-state index contributed by atoms with van der Waals surface area (Å²) >= 11 is 0. The normalized spacial score (nSPS) is 20.9. The second kappa shape index (κ2) is 4.10. The third kappa shape index (κ3) is 1.67. The molecule has 1 aromatic carbocycles. The average molecular weight is 242 g/mol. The third-order valence-corrected chi connectivity index (χ3v) is 3.61. The van der Waals surface area contributed by atoms with E-state index >= 15 is 0 Å². The van der Waals surface area contributed by atoms with Gasteiger partial charge in [-0.05, 0) is 51.0 Å². The minimum Gasteiger partial charge on any atom is -0.496 e. The highest BCUT2D eigenvalue weighted by Crippen LogP contribution is 2.42. The van der Waals surface area contributed by atoms with Crippen LogP contribution in [0.15, 0.2) is 6.08 Å². The van der Waals surface area contributed by atoms with Gasteiger partial charge in [-0.15, -0.1) is 6.42 Å². The van der Waals surface area contributed by atoms with Gasteiger partial charge in [-0.25, -0.2) is 0 Å². The summed E-state index contributed by atoms with van der Waals surface area (Å²) < 4.78 is 11.5. The molecule has 1 atom stereocenters. The van der Waals surface area contributed by atoms with Crippen LogP contribution >= 0.6 is 0 Å². The van der Waals surface area contributed by atoms with Gasteiger partial charge in [-0.1, -0.05) is 5.92 Å². The van der Waals surface area contributed by atoms with E-state index in [-0.39, 0.29) is 0 Å². The van der Waals surface area contributed by atoms with Crippen molar-refractivity contribution >= 4 is 6.08 Å². The number of ether oxygens (including phenoxy) is 2. The van der Waals surface area contributed by atoms with Crippen molar-refractivity contribution in [2.75, 3.05) is 7.11 Å². The molecule has 2 nitrogen and oxygen atoms in total. The number of rotatable bonds is 1. The molecule has 94 valence electrons. The lowest BCUT2D eigenvalue weighted by molar-refractivity contribution is 0.197. The maximum atomic E-state index is 5.98. The SMILES string of the molecule is C#CC1(C)C=Cc2c(C)c(OC)c(C)c(C)c2O1. The zero-order valence-corrected chi connectivity index (χ0v) is 11.5. The van der Waals surface area contributed by atoms with Gasteiger partial charge < -0.3 is 9.47 Å². The molecule has 0 aromatic heterocycles. The Balaban J connectivity index is 2.71. The first kappa shape index (κ1) is 12.6. The highest BCUT2D eigenvalue weighted by Gasteiger charge is 2.28. The summed E-state index contributed by atoms with van der Waals surface area (Å²) in [5.74, 6) is 4.47. The van der Waals surface area contributed by atoms with Crippen molar-refractivity contribution in [2.45, 2.75) is 33.3 Å². The Bertz CT molecular complexity index is 576. The van der Waals surface area contributed by atoms with Crippen molar-refractivity contribution in [2.24, 2.45) is 0 Å². The average Bonchev–Trinajstić information content (AvgIpc) is 2.37. The van der Waals surface area contributed by atoms with E-state index in [1.165, 1.54) is 0 Å². The van der Waals surface area contributed by atoms with Crippen molar-refractivity contribution in [3.8, 4) is 23.8 Å². The van der Waals surface area contributed by atoms with Gasteiger partial charge in [0.2, 0.25) is 0 Å². The minimum absolute atomic E-state index is 0.661. The summed E-state index contributed by atoms with van der Waals surface area (Å²) in [6, 6.07) is 0. The van der Waals surface area contributed by atoms with E-state index < -0.39 is 5.60 Å². The third-order valence-electron chi connectivity index (χ3n) is 3.61. The van der Waals surface area contributed by atoms with E-state index in [9.17, 15) is 0 Å². The lowest BCUT2D eigenvalue weighted by Gasteiger charge is -2.30. The molecule has 2 heteroatoms. The largest absolute Gasteiger partial charge is 0.496 e. The zero-order valence-electron chi connectivity index (χ0n) is 11.5. The van der Waals surface area contributed by atoms with E-state index in [0.717, 1.165) is 33.8 Å². The molecule has 1 aliphatic rings. The molecule has 1 heterocycles. The van der Waals surface area contributed by atoms with E-state index in [1.54, 1.807) is 7.11 Å². The zero-order chi connectivity index (χ0) is 13.5. The fourth-order valence-electron chi connectivity index (χ4n) is 2.32. The maximum absolute atomic E-state index is 5.98. The Morgan fingerprint density at radius 2 is 1.89 bits per heavy atom. The van der Waals surface area contributed by atoms with Crippen LogP contribution in [-0.2, 0) is 0 Å². The Kier molecular flexibility index (Phi) is 2.86. The Morgan fingerprint density at radius 3 is 2.44 bits per heavy atom. The van der Waals surface area contributed by atoms with Gasteiger partial charge in [0.05, 0.1) is 7.11 Å². The molecule has 1 aliphatic heterocycles. The maximum Gasteiger partial charge on any atom is 0.185 e. The molecular formula is C16H18O2. The Hall–Kier alpha value is -1.88. The van der Waals surface area contributed by atoms with Gasteiger partial charge in [0.15, 0.2) is 5.60 Å². The Morgan fingerprint density at radius 1 is 1.22 bits per heavy atom. The van der Waals surface area contributed by atoms with Crippen LogP contribution in [0.25, 0.3) is 6.08 Å². The second-order valence-corrected chi connectivity index (χ2v) is 4.84. The molecule has 1 aromatic rings. The lowest BCUT2D eigenvalue weighted by atomic mass is 9.92. The first-order valence-corrected chi connectivity index (χ1v) is 5.97. The number of terminal acetylenes is 1. The fourth-order valence-corrected chi connectivity index (χ4v) is 2.32. The number of hydrogen-bond acceptors (Lipinski definition) is 2. The van der Waals surface area contributed by atoms with E-state index in [0.29, 0.717) is 0 Å². The molecule has 0 saturated heterocycles. The summed E-state index contributed by atoms with van der Waals surface area (Å²) in [5, 5.41) is 0. The van der Waals surface area contributed by atoms with Crippen LogP contribution in [0.3, 0.4) is 0 Å². The van der Waals surface area contributed by atoms with Crippen molar-refractivity contribution in [1.82, 2.24) is 0 Å². The molecule has 0 amide bonds. The van der Waals surface area contributed by atoms with Crippen LogP contribution < -0.4 is 9.47 Å². The van der Waals surface area contributed by atoms with Gasteiger partial charge in [0, 0.05) is 11.1 Å². The summed E-state index contributed by atoms with van der Waals surface area (Å²) in [6.07, 6.45) is 9.47. The molecule has 0 aliphatic carbocycles. The number of benzene rings is 1. The summed E-state index contributed by atoms with van der Waals surface area (Å²) in [6.45, 7) is 8.00. The highest BCUT2D eigenvalue weighted by atomic mass is 16.5. The van der Waals surface area contributed by atoms with E-state index in [4.69, 9.17) is 15.9 Å². The van der Waals surface area contributed by atoms with Crippen LogP contribution in [0.2, 0.25) is 0 Å². The van der Waals surface area contributed by atoms with Crippen molar-refractivity contribution in [3.05, 3.63) is 28.3 Å². The van der Waals surface area contributed by atoms with Gasteiger partial charge >= 0.3 is 0 Å². The van der Waals surface area contributed by atoms with Gasteiger partial charge in [-0.2, -0.15) is 0 Å². The molecule has 2 rings (SSSR count). The van der Waals surface area contributed by atoms with Crippen LogP contribution in [0.4, 0.5) is 0 Å². The smallest absolute Gasteiger partial charge is 0.185 e. The van der Waals surface area contributed by atoms with Crippen LogP contribution in [-0.4, -0.2) is 12.7 Å². The molecule has 0 spiro atoms. The van der Waals surface area contributed by atoms with Gasteiger partial charge in [0.25, 0.3) is 0 Å². The van der Waals surface area contributed by atoms with Crippen LogP contribution in [0.1, 0.15) is 29.2 Å². The molecule has 0 saturated carbocycles. The molecule has 0 fully saturated rings. The van der Waals surface area contributed by atoms with Crippen LogP contribution in [0.5, 0.6) is 11.5 Å². The summed E-state index contributed by atoms with van der Waals surface area (Å²) in [5.41, 5.74) is 3.67. The van der Waals surface area contributed by atoms with E-state index in [1.807, 2.05) is 39.8 Å².